The molecule has 0 aromatic heterocycles. The van der Waals surface area contributed by atoms with Crippen molar-refractivity contribution >= 4 is 0 Å². The van der Waals surface area contributed by atoms with Crippen molar-refractivity contribution in [3.05, 3.63) is 11.6 Å². The van der Waals surface area contributed by atoms with Crippen molar-refractivity contribution in [3.63, 3.8) is 0 Å². The van der Waals surface area contributed by atoms with Crippen molar-refractivity contribution in [3.8, 4) is 0 Å². The third kappa shape index (κ3) is 2.93. The fourth-order valence-electron chi connectivity index (χ4n) is 3.57. The quantitative estimate of drug-likeness (QED) is 0.701. The van der Waals surface area contributed by atoms with Crippen LogP contribution in [0.1, 0.15) is 65.7 Å². The van der Waals surface area contributed by atoms with Crippen molar-refractivity contribution < 1.29 is 0 Å². The first-order chi connectivity index (χ1) is 8.16. The van der Waals surface area contributed by atoms with E-state index in [4.69, 9.17) is 0 Å². The highest BCUT2D eigenvalue weighted by Crippen LogP contribution is 2.53. The predicted octanol–water partition coefficient (Wildman–Crippen LogP) is 4.29. The van der Waals surface area contributed by atoms with Crippen LogP contribution in [0.25, 0.3) is 0 Å². The van der Waals surface area contributed by atoms with Crippen LogP contribution in [0, 0.1) is 11.3 Å². The van der Waals surface area contributed by atoms with Crippen LogP contribution in [-0.4, -0.2) is 12.6 Å². The van der Waals surface area contributed by atoms with E-state index in [0.717, 1.165) is 5.92 Å². The first-order valence-electron chi connectivity index (χ1n) is 7.59. The molecule has 0 aromatic rings. The number of hydrogen-bond acceptors (Lipinski definition) is 1. The van der Waals surface area contributed by atoms with Crippen molar-refractivity contribution in [1.29, 1.82) is 0 Å². The van der Waals surface area contributed by atoms with Crippen molar-refractivity contribution in [2.45, 2.75) is 71.8 Å². The lowest BCUT2D eigenvalue weighted by molar-refractivity contribution is 0.0824. The van der Waals surface area contributed by atoms with Crippen LogP contribution in [-0.2, 0) is 0 Å². The molecule has 1 fully saturated rings. The second kappa shape index (κ2) is 5.56. The maximum Gasteiger partial charge on any atom is 0.00478 e. The van der Waals surface area contributed by atoms with Gasteiger partial charge >= 0.3 is 0 Å². The molecule has 0 aromatic carbocycles. The van der Waals surface area contributed by atoms with Gasteiger partial charge in [0.15, 0.2) is 0 Å². The number of hydrogen-bond donors (Lipinski definition) is 1. The largest absolute Gasteiger partial charge is 0.314 e. The molecule has 0 unspecified atom stereocenters. The number of rotatable bonds is 5. The molecule has 2 aliphatic carbocycles. The molecule has 2 aliphatic rings. The summed E-state index contributed by atoms with van der Waals surface area (Å²) in [6.45, 7) is 8.09. The lowest BCUT2D eigenvalue weighted by Gasteiger charge is -2.51. The molecule has 0 aliphatic heterocycles. The highest BCUT2D eigenvalue weighted by atomic mass is 14.9. The molecule has 1 nitrogen and oxygen atoms in total. The summed E-state index contributed by atoms with van der Waals surface area (Å²) >= 11 is 0. The Kier molecular flexibility index (Phi) is 4.30. The molecule has 0 saturated heterocycles. The molecule has 1 saturated carbocycles. The van der Waals surface area contributed by atoms with Gasteiger partial charge in [0, 0.05) is 18.0 Å². The Hall–Kier alpha value is -0.300. The van der Waals surface area contributed by atoms with Gasteiger partial charge in [-0.1, -0.05) is 38.8 Å². The van der Waals surface area contributed by atoms with Crippen LogP contribution in [0.15, 0.2) is 11.6 Å². The average molecular weight is 235 g/mol. The molecule has 1 heteroatoms. The molecule has 2 rings (SSSR count). The van der Waals surface area contributed by atoms with Crippen LogP contribution in [0.3, 0.4) is 0 Å². The summed E-state index contributed by atoms with van der Waals surface area (Å²) in [6, 6.07) is 0.622. The molecular formula is C16H29N. The Morgan fingerprint density at radius 3 is 2.65 bits per heavy atom. The molecule has 17 heavy (non-hydrogen) atoms. The van der Waals surface area contributed by atoms with Gasteiger partial charge in [0.25, 0.3) is 0 Å². The lowest BCUT2D eigenvalue weighted by atomic mass is 9.56. The second-order valence-corrected chi connectivity index (χ2v) is 6.47. The maximum atomic E-state index is 3.69. The smallest absolute Gasteiger partial charge is 0.00478 e. The van der Waals surface area contributed by atoms with Crippen LogP contribution < -0.4 is 5.32 Å². The molecule has 0 atom stereocenters. The fraction of sp³-hybridized carbons (Fsp3) is 0.875. The van der Waals surface area contributed by atoms with Crippen molar-refractivity contribution in [2.24, 2.45) is 11.3 Å². The third-order valence-electron chi connectivity index (χ3n) is 4.76. The summed E-state index contributed by atoms with van der Waals surface area (Å²) in [6.07, 6.45) is 12.4. The zero-order valence-electron chi connectivity index (χ0n) is 11.9. The zero-order chi connectivity index (χ0) is 12.3. The molecule has 0 bridgehead atoms. The topological polar surface area (TPSA) is 12.0 Å². The van der Waals surface area contributed by atoms with Gasteiger partial charge < -0.3 is 5.32 Å². The highest BCUT2D eigenvalue weighted by molar-refractivity contribution is 5.22. The average Bonchev–Trinajstić information content (AvgIpc) is 2.29. The Bertz CT molecular complexity index is 271. The Morgan fingerprint density at radius 1 is 1.35 bits per heavy atom. The van der Waals surface area contributed by atoms with E-state index in [9.17, 15) is 0 Å². The van der Waals surface area contributed by atoms with E-state index in [1.807, 2.05) is 0 Å². The van der Waals surface area contributed by atoms with Gasteiger partial charge in [0.1, 0.15) is 0 Å². The lowest BCUT2D eigenvalue weighted by Crippen LogP contribution is -2.48. The predicted molar refractivity (Wildman–Crippen MR) is 75.1 cm³/mol. The van der Waals surface area contributed by atoms with E-state index in [1.54, 1.807) is 5.57 Å². The van der Waals surface area contributed by atoms with Gasteiger partial charge in [-0.3, -0.25) is 0 Å². The summed E-state index contributed by atoms with van der Waals surface area (Å²) in [5.74, 6) is 0.992. The Labute approximate surface area is 107 Å². The zero-order valence-corrected chi connectivity index (χ0v) is 11.9. The summed E-state index contributed by atoms with van der Waals surface area (Å²) in [4.78, 5) is 0. The Balaban J connectivity index is 2.00. The van der Waals surface area contributed by atoms with E-state index in [-0.39, 0.29) is 0 Å². The summed E-state index contributed by atoms with van der Waals surface area (Å²) < 4.78 is 0. The highest BCUT2D eigenvalue weighted by Gasteiger charge is 2.45. The standard InChI is InChI=1S/C16H29N/c1-4-14-10-16(11-14,12-17-13(2)3)15-8-6-5-7-9-15/h8,13-14,17H,4-7,9-12H2,1-3H3. The van der Waals surface area contributed by atoms with Crippen LogP contribution in [0.5, 0.6) is 0 Å². The van der Waals surface area contributed by atoms with Crippen LogP contribution in [0.4, 0.5) is 0 Å². The van der Waals surface area contributed by atoms with E-state index in [2.05, 4.69) is 32.2 Å². The minimum absolute atomic E-state index is 0.547. The molecule has 0 heterocycles. The molecule has 98 valence electrons. The minimum Gasteiger partial charge on any atom is -0.314 e. The van der Waals surface area contributed by atoms with E-state index < -0.39 is 0 Å². The summed E-state index contributed by atoms with van der Waals surface area (Å²) in [5, 5.41) is 3.69. The van der Waals surface area contributed by atoms with Gasteiger partial charge in [0.05, 0.1) is 0 Å². The van der Waals surface area contributed by atoms with Crippen molar-refractivity contribution in [2.75, 3.05) is 6.54 Å². The van der Waals surface area contributed by atoms with Gasteiger partial charge in [0.2, 0.25) is 0 Å². The van der Waals surface area contributed by atoms with E-state index >= 15 is 0 Å². The van der Waals surface area contributed by atoms with Gasteiger partial charge in [-0.25, -0.2) is 0 Å². The normalized spacial score (nSPS) is 33.4. The van der Waals surface area contributed by atoms with E-state index in [0.29, 0.717) is 11.5 Å². The van der Waals surface area contributed by atoms with E-state index in [1.165, 1.54) is 51.5 Å². The third-order valence-corrected chi connectivity index (χ3v) is 4.76. The maximum absolute atomic E-state index is 3.69. The van der Waals surface area contributed by atoms with Crippen molar-refractivity contribution in [1.82, 2.24) is 5.32 Å². The first-order valence-corrected chi connectivity index (χ1v) is 7.59. The SMILES string of the molecule is CCC1CC(CNC(C)C)(C2=CCCCC2)C1. The molecule has 0 radical (unpaired) electrons. The number of nitrogens with one attached hydrogen (secondary N) is 1. The number of allylic oxidation sites excluding steroid dienone is 1. The molecule has 0 spiro atoms. The fourth-order valence-corrected chi connectivity index (χ4v) is 3.57. The van der Waals surface area contributed by atoms with Gasteiger partial charge in [-0.05, 0) is 44.4 Å². The first kappa shape index (κ1) is 13.1. The Morgan fingerprint density at radius 2 is 2.12 bits per heavy atom. The van der Waals surface area contributed by atoms with Crippen LogP contribution >= 0.6 is 0 Å². The van der Waals surface area contributed by atoms with Gasteiger partial charge in [-0.2, -0.15) is 0 Å². The summed E-state index contributed by atoms with van der Waals surface area (Å²) in [5.41, 5.74) is 2.34. The van der Waals surface area contributed by atoms with Crippen LogP contribution in [0.2, 0.25) is 0 Å². The second-order valence-electron chi connectivity index (χ2n) is 6.47. The monoisotopic (exact) mass is 235 g/mol. The molecule has 0 amide bonds. The van der Waals surface area contributed by atoms with Gasteiger partial charge in [-0.15, -0.1) is 0 Å². The summed E-state index contributed by atoms with van der Waals surface area (Å²) in [7, 11) is 0. The molecule has 1 N–H and O–H groups in total. The minimum atomic E-state index is 0.547. The molecular weight excluding hydrogens is 206 g/mol.